The summed E-state index contributed by atoms with van der Waals surface area (Å²) in [6.45, 7) is 2.28. The molecular formula is C26H46O3. The van der Waals surface area contributed by atoms with Gasteiger partial charge in [-0.1, -0.05) is 129 Å². The maximum atomic E-state index is 11.3. The topological polar surface area (TPSA) is 43.4 Å². The van der Waals surface area contributed by atoms with Crippen LogP contribution in [0, 0.1) is 0 Å². The lowest BCUT2D eigenvalue weighted by molar-refractivity contribution is -0.150. The molecule has 0 bridgehead atoms. The summed E-state index contributed by atoms with van der Waals surface area (Å²) in [5.41, 5.74) is 0.553. The largest absolute Gasteiger partial charge is 0.386 e. The fourth-order valence-corrected chi connectivity index (χ4v) is 4.13. The summed E-state index contributed by atoms with van der Waals surface area (Å²) in [4.78, 5) is 22.3. The van der Waals surface area contributed by atoms with Gasteiger partial charge in [0.1, 0.15) is 0 Å². The molecule has 0 radical (unpaired) electrons. The average molecular weight is 407 g/mol. The van der Waals surface area contributed by atoms with E-state index in [4.69, 9.17) is 0 Å². The fourth-order valence-electron chi connectivity index (χ4n) is 4.13. The van der Waals surface area contributed by atoms with Gasteiger partial charge < -0.3 is 4.74 Å². The van der Waals surface area contributed by atoms with Crippen molar-refractivity contribution >= 4 is 11.9 Å². The molecule has 1 heterocycles. The third kappa shape index (κ3) is 15.4. The second-order valence-corrected chi connectivity index (χ2v) is 8.85. The maximum absolute atomic E-state index is 11.3. The Morgan fingerprint density at radius 2 is 0.897 bits per heavy atom. The van der Waals surface area contributed by atoms with Crippen LogP contribution in [0.4, 0.5) is 0 Å². The van der Waals surface area contributed by atoms with Gasteiger partial charge in [-0.15, -0.1) is 0 Å². The van der Waals surface area contributed by atoms with Crippen LogP contribution in [0.1, 0.15) is 142 Å². The standard InChI is InChI=1S/C26H46O3/c1-2-3-4-5-6-7-8-9-10-11-12-13-14-15-16-17-18-19-20-21-22-24-23-25(27)29-26(24)28/h23H,2-22H2,1H3. The lowest BCUT2D eigenvalue weighted by Gasteiger charge is -2.04. The van der Waals surface area contributed by atoms with Crippen LogP contribution in [0.2, 0.25) is 0 Å². The van der Waals surface area contributed by atoms with E-state index in [1.165, 1.54) is 122 Å². The molecule has 3 nitrogen and oxygen atoms in total. The molecule has 0 fully saturated rings. The van der Waals surface area contributed by atoms with E-state index in [9.17, 15) is 9.59 Å². The summed E-state index contributed by atoms with van der Waals surface area (Å²) >= 11 is 0. The van der Waals surface area contributed by atoms with Gasteiger partial charge in [-0.05, 0) is 12.8 Å². The van der Waals surface area contributed by atoms with E-state index in [2.05, 4.69) is 11.7 Å². The number of esters is 2. The smallest absolute Gasteiger partial charge is 0.342 e. The molecule has 1 aliphatic rings. The van der Waals surface area contributed by atoms with Crippen LogP contribution in [0.15, 0.2) is 11.6 Å². The second-order valence-electron chi connectivity index (χ2n) is 8.85. The first-order valence-electron chi connectivity index (χ1n) is 12.7. The minimum Gasteiger partial charge on any atom is -0.386 e. The molecule has 168 valence electrons. The zero-order valence-electron chi connectivity index (χ0n) is 19.2. The summed E-state index contributed by atoms with van der Waals surface area (Å²) in [7, 11) is 0. The fraction of sp³-hybridized carbons (Fsp3) is 0.846. The molecule has 0 atom stereocenters. The molecule has 0 N–H and O–H groups in total. The van der Waals surface area contributed by atoms with Crippen molar-refractivity contribution in [3.05, 3.63) is 11.6 Å². The van der Waals surface area contributed by atoms with Crippen molar-refractivity contribution in [2.24, 2.45) is 0 Å². The summed E-state index contributed by atoms with van der Waals surface area (Å²) in [5, 5.41) is 0. The minimum atomic E-state index is -0.502. The monoisotopic (exact) mass is 406 g/mol. The lowest BCUT2D eigenvalue weighted by Crippen LogP contribution is -2.01. The normalized spacial score (nSPS) is 13.8. The van der Waals surface area contributed by atoms with Crippen molar-refractivity contribution in [2.45, 2.75) is 142 Å². The number of unbranched alkanes of at least 4 members (excludes halogenated alkanes) is 19. The maximum Gasteiger partial charge on any atom is 0.342 e. The number of rotatable bonds is 21. The van der Waals surface area contributed by atoms with Gasteiger partial charge in [-0.2, -0.15) is 0 Å². The predicted octanol–water partition coefficient (Wildman–Crippen LogP) is 8.21. The number of carbonyl (C=O) groups excluding carboxylic acids is 2. The molecule has 0 aromatic heterocycles. The molecular weight excluding hydrogens is 360 g/mol. The highest BCUT2D eigenvalue weighted by molar-refractivity contribution is 6.08. The van der Waals surface area contributed by atoms with E-state index in [0.717, 1.165) is 12.8 Å². The molecule has 0 amide bonds. The van der Waals surface area contributed by atoms with Crippen molar-refractivity contribution in [3.63, 3.8) is 0 Å². The third-order valence-corrected chi connectivity index (χ3v) is 6.05. The van der Waals surface area contributed by atoms with E-state index in [-0.39, 0.29) is 0 Å². The Kier molecular flexibility index (Phi) is 16.9. The molecule has 29 heavy (non-hydrogen) atoms. The highest BCUT2D eigenvalue weighted by atomic mass is 16.6. The molecule has 1 aliphatic heterocycles. The number of hydrogen-bond donors (Lipinski definition) is 0. The van der Waals surface area contributed by atoms with Gasteiger partial charge in [0, 0.05) is 11.6 Å². The van der Waals surface area contributed by atoms with Crippen LogP contribution >= 0.6 is 0 Å². The van der Waals surface area contributed by atoms with Crippen LogP contribution < -0.4 is 0 Å². The molecule has 0 aromatic carbocycles. The van der Waals surface area contributed by atoms with Crippen LogP contribution in [0.5, 0.6) is 0 Å². The quantitative estimate of drug-likeness (QED) is 0.110. The lowest BCUT2D eigenvalue weighted by atomic mass is 10.0. The van der Waals surface area contributed by atoms with Gasteiger partial charge in [0.2, 0.25) is 0 Å². The first-order chi connectivity index (χ1) is 14.2. The highest BCUT2D eigenvalue weighted by Gasteiger charge is 2.22. The molecule has 0 aliphatic carbocycles. The van der Waals surface area contributed by atoms with Crippen LogP contribution in [0.25, 0.3) is 0 Å². The molecule has 0 spiro atoms. The summed E-state index contributed by atoms with van der Waals surface area (Å²) in [5.74, 6) is -0.939. The zero-order chi connectivity index (χ0) is 21.0. The van der Waals surface area contributed by atoms with Crippen molar-refractivity contribution in [1.82, 2.24) is 0 Å². The van der Waals surface area contributed by atoms with Crippen molar-refractivity contribution in [2.75, 3.05) is 0 Å². The van der Waals surface area contributed by atoms with Gasteiger partial charge >= 0.3 is 11.9 Å². The van der Waals surface area contributed by atoms with Gasteiger partial charge in [0.25, 0.3) is 0 Å². The number of cyclic esters (lactones) is 2. The highest BCUT2D eigenvalue weighted by Crippen LogP contribution is 2.18. The molecule has 0 saturated heterocycles. The first kappa shape index (κ1) is 25.9. The molecule has 0 saturated carbocycles. The van der Waals surface area contributed by atoms with E-state index in [1.54, 1.807) is 0 Å². The van der Waals surface area contributed by atoms with Crippen molar-refractivity contribution in [3.8, 4) is 0 Å². The van der Waals surface area contributed by atoms with Gasteiger partial charge in [0.05, 0.1) is 0 Å². The van der Waals surface area contributed by atoms with Gasteiger partial charge in [0.15, 0.2) is 0 Å². The first-order valence-corrected chi connectivity index (χ1v) is 12.7. The van der Waals surface area contributed by atoms with Crippen LogP contribution in [-0.4, -0.2) is 11.9 Å². The van der Waals surface area contributed by atoms with E-state index in [1.807, 2.05) is 0 Å². The van der Waals surface area contributed by atoms with Crippen LogP contribution in [0.3, 0.4) is 0 Å². The molecule has 3 heteroatoms. The van der Waals surface area contributed by atoms with E-state index < -0.39 is 11.9 Å². The number of ether oxygens (including phenoxy) is 1. The van der Waals surface area contributed by atoms with Crippen LogP contribution in [-0.2, 0) is 14.3 Å². The van der Waals surface area contributed by atoms with Gasteiger partial charge in [-0.25, -0.2) is 9.59 Å². The Balaban J connectivity index is 1.70. The van der Waals surface area contributed by atoms with E-state index in [0.29, 0.717) is 12.0 Å². The summed E-state index contributed by atoms with van der Waals surface area (Å²) in [6, 6.07) is 0. The Morgan fingerprint density at radius 3 is 1.21 bits per heavy atom. The Labute approximate surface area is 180 Å². The predicted molar refractivity (Wildman–Crippen MR) is 122 cm³/mol. The Bertz CT molecular complexity index is 453. The Morgan fingerprint density at radius 1 is 0.552 bits per heavy atom. The van der Waals surface area contributed by atoms with E-state index >= 15 is 0 Å². The van der Waals surface area contributed by atoms with Gasteiger partial charge in [-0.3, -0.25) is 0 Å². The number of hydrogen-bond acceptors (Lipinski definition) is 3. The van der Waals surface area contributed by atoms with Crippen molar-refractivity contribution in [1.29, 1.82) is 0 Å². The average Bonchev–Trinajstić information content (AvgIpc) is 3.03. The SMILES string of the molecule is CCCCCCCCCCCCCCCCCCCCCCC1=CC(=O)OC1=O. The number of carbonyl (C=O) groups is 2. The molecule has 0 unspecified atom stereocenters. The second kappa shape index (κ2) is 18.9. The van der Waals surface area contributed by atoms with Crippen molar-refractivity contribution < 1.29 is 14.3 Å². The summed E-state index contributed by atoms with van der Waals surface area (Å²) in [6.07, 6.45) is 29.3. The molecule has 1 rings (SSSR count). The summed E-state index contributed by atoms with van der Waals surface area (Å²) < 4.78 is 4.50. The Hall–Kier alpha value is -1.12. The minimum absolute atomic E-state index is 0.437. The third-order valence-electron chi connectivity index (χ3n) is 6.05. The zero-order valence-corrected chi connectivity index (χ0v) is 19.2. The molecule has 0 aromatic rings.